The summed E-state index contributed by atoms with van der Waals surface area (Å²) in [5.41, 5.74) is 0.141. The number of rotatable bonds is 2. The molecular formula is C13H9ClFNO2. The molecule has 0 aliphatic carbocycles. The molecule has 0 unspecified atom stereocenters. The topological polar surface area (TPSA) is 49.3 Å². The van der Waals surface area contributed by atoms with Gasteiger partial charge in [-0.15, -0.1) is 0 Å². The molecule has 0 atom stereocenters. The summed E-state index contributed by atoms with van der Waals surface area (Å²) in [6.07, 6.45) is 0. The number of hydrogen-bond acceptors (Lipinski definition) is 2. The maximum Gasteiger partial charge on any atom is 0.255 e. The molecule has 2 aromatic carbocycles. The Balaban J connectivity index is 2.27. The molecule has 0 aromatic heterocycles. The number of para-hydroxylation sites is 1. The molecule has 92 valence electrons. The van der Waals surface area contributed by atoms with Crippen LogP contribution in [0.3, 0.4) is 0 Å². The second-order valence-electron chi connectivity index (χ2n) is 3.60. The third-order valence-corrected chi connectivity index (χ3v) is 2.62. The van der Waals surface area contributed by atoms with Crippen LogP contribution in [-0.4, -0.2) is 11.0 Å². The zero-order chi connectivity index (χ0) is 13.1. The molecule has 0 heterocycles. The van der Waals surface area contributed by atoms with Gasteiger partial charge in [0, 0.05) is 5.56 Å². The van der Waals surface area contributed by atoms with E-state index in [9.17, 15) is 14.3 Å². The lowest BCUT2D eigenvalue weighted by atomic mass is 10.2. The number of amides is 1. The number of nitrogens with one attached hydrogen (secondary N) is 1. The third kappa shape index (κ3) is 2.60. The predicted octanol–water partition coefficient (Wildman–Crippen LogP) is 3.44. The second kappa shape index (κ2) is 5.06. The van der Waals surface area contributed by atoms with E-state index in [2.05, 4.69) is 5.32 Å². The fourth-order valence-corrected chi connectivity index (χ4v) is 1.66. The van der Waals surface area contributed by atoms with Gasteiger partial charge in [-0.1, -0.05) is 23.7 Å². The summed E-state index contributed by atoms with van der Waals surface area (Å²) >= 11 is 5.79. The molecule has 2 aromatic rings. The van der Waals surface area contributed by atoms with E-state index in [-0.39, 0.29) is 22.0 Å². The van der Waals surface area contributed by atoms with Crippen molar-refractivity contribution in [3.8, 4) is 5.75 Å². The van der Waals surface area contributed by atoms with Gasteiger partial charge in [0.1, 0.15) is 11.6 Å². The lowest BCUT2D eigenvalue weighted by Crippen LogP contribution is -2.13. The first-order valence-electron chi connectivity index (χ1n) is 5.12. The number of anilines is 1. The summed E-state index contributed by atoms with van der Waals surface area (Å²) in [5, 5.41) is 11.7. The van der Waals surface area contributed by atoms with Crippen molar-refractivity contribution in [1.29, 1.82) is 0 Å². The standard InChI is InChI=1S/C13H9ClFNO2/c14-10-5-2-6-11(15)12(10)16-13(18)8-3-1-4-9(17)7-8/h1-7,17H,(H,16,18). The molecule has 0 saturated heterocycles. The van der Waals surface area contributed by atoms with E-state index < -0.39 is 11.7 Å². The summed E-state index contributed by atoms with van der Waals surface area (Å²) < 4.78 is 13.5. The highest BCUT2D eigenvalue weighted by Crippen LogP contribution is 2.25. The van der Waals surface area contributed by atoms with Crippen LogP contribution in [0.2, 0.25) is 5.02 Å². The van der Waals surface area contributed by atoms with Crippen LogP contribution in [0.25, 0.3) is 0 Å². The summed E-state index contributed by atoms with van der Waals surface area (Å²) in [6.45, 7) is 0. The Morgan fingerprint density at radius 2 is 1.94 bits per heavy atom. The predicted molar refractivity (Wildman–Crippen MR) is 67.5 cm³/mol. The van der Waals surface area contributed by atoms with Crippen LogP contribution in [-0.2, 0) is 0 Å². The van der Waals surface area contributed by atoms with Crippen LogP contribution < -0.4 is 5.32 Å². The van der Waals surface area contributed by atoms with E-state index in [0.29, 0.717) is 0 Å². The average Bonchev–Trinajstić information content (AvgIpc) is 2.34. The van der Waals surface area contributed by atoms with Crippen molar-refractivity contribution in [1.82, 2.24) is 0 Å². The first-order valence-corrected chi connectivity index (χ1v) is 5.50. The van der Waals surface area contributed by atoms with Crippen molar-refractivity contribution in [3.63, 3.8) is 0 Å². The van der Waals surface area contributed by atoms with Crippen LogP contribution in [0.4, 0.5) is 10.1 Å². The molecule has 0 aliphatic rings. The summed E-state index contributed by atoms with van der Waals surface area (Å²) in [5.74, 6) is -1.20. The normalized spacial score (nSPS) is 10.1. The van der Waals surface area contributed by atoms with Gasteiger partial charge in [-0.25, -0.2) is 4.39 Å². The quantitative estimate of drug-likeness (QED) is 0.874. The van der Waals surface area contributed by atoms with Gasteiger partial charge in [-0.05, 0) is 30.3 Å². The van der Waals surface area contributed by atoms with Gasteiger partial charge < -0.3 is 10.4 Å². The number of carbonyl (C=O) groups excluding carboxylic acids is 1. The minimum Gasteiger partial charge on any atom is -0.508 e. The molecule has 0 fully saturated rings. The van der Waals surface area contributed by atoms with Crippen molar-refractivity contribution in [2.75, 3.05) is 5.32 Å². The van der Waals surface area contributed by atoms with Gasteiger partial charge in [-0.2, -0.15) is 0 Å². The first kappa shape index (κ1) is 12.4. The highest BCUT2D eigenvalue weighted by Gasteiger charge is 2.12. The van der Waals surface area contributed by atoms with Crippen molar-refractivity contribution >= 4 is 23.2 Å². The number of hydrogen-bond donors (Lipinski definition) is 2. The number of aromatic hydroxyl groups is 1. The zero-order valence-electron chi connectivity index (χ0n) is 9.15. The van der Waals surface area contributed by atoms with Crippen LogP contribution in [0.1, 0.15) is 10.4 Å². The van der Waals surface area contributed by atoms with E-state index in [1.165, 1.54) is 42.5 Å². The van der Waals surface area contributed by atoms with Crippen molar-refractivity contribution < 1.29 is 14.3 Å². The van der Waals surface area contributed by atoms with Crippen molar-refractivity contribution in [2.45, 2.75) is 0 Å². The molecule has 0 bridgehead atoms. The molecule has 1 amide bonds. The Bertz CT molecular complexity index is 581. The van der Waals surface area contributed by atoms with E-state index in [4.69, 9.17) is 11.6 Å². The summed E-state index contributed by atoms with van der Waals surface area (Å²) in [4.78, 5) is 11.8. The van der Waals surface area contributed by atoms with Gasteiger partial charge in [0.2, 0.25) is 0 Å². The third-order valence-electron chi connectivity index (χ3n) is 2.31. The lowest BCUT2D eigenvalue weighted by molar-refractivity contribution is 0.102. The monoisotopic (exact) mass is 265 g/mol. The summed E-state index contributed by atoms with van der Waals surface area (Å²) in [6, 6.07) is 9.86. The van der Waals surface area contributed by atoms with Crippen LogP contribution in [0.15, 0.2) is 42.5 Å². The van der Waals surface area contributed by atoms with Gasteiger partial charge in [0.05, 0.1) is 10.7 Å². The molecule has 0 radical (unpaired) electrons. The molecule has 3 nitrogen and oxygen atoms in total. The van der Waals surface area contributed by atoms with Crippen LogP contribution >= 0.6 is 11.6 Å². The minimum atomic E-state index is -0.615. The Hall–Kier alpha value is -2.07. The molecule has 2 N–H and O–H groups in total. The lowest BCUT2D eigenvalue weighted by Gasteiger charge is -2.08. The molecule has 2 rings (SSSR count). The molecular weight excluding hydrogens is 257 g/mol. The van der Waals surface area contributed by atoms with Gasteiger partial charge in [0.15, 0.2) is 0 Å². The Labute approximate surface area is 108 Å². The highest BCUT2D eigenvalue weighted by atomic mass is 35.5. The smallest absolute Gasteiger partial charge is 0.255 e. The minimum absolute atomic E-state index is 0.0396. The molecule has 0 aliphatic heterocycles. The van der Waals surface area contributed by atoms with E-state index in [1.54, 1.807) is 0 Å². The van der Waals surface area contributed by atoms with E-state index in [1.807, 2.05) is 0 Å². The number of phenols is 1. The number of phenolic OH excluding ortho intramolecular Hbond substituents is 1. The largest absolute Gasteiger partial charge is 0.508 e. The van der Waals surface area contributed by atoms with E-state index >= 15 is 0 Å². The van der Waals surface area contributed by atoms with Crippen LogP contribution in [0, 0.1) is 5.82 Å². The Morgan fingerprint density at radius 3 is 2.61 bits per heavy atom. The molecule has 0 spiro atoms. The van der Waals surface area contributed by atoms with Crippen LogP contribution in [0.5, 0.6) is 5.75 Å². The molecule has 5 heteroatoms. The maximum atomic E-state index is 13.5. The van der Waals surface area contributed by atoms with Gasteiger partial charge in [-0.3, -0.25) is 4.79 Å². The first-order chi connectivity index (χ1) is 8.58. The molecule has 0 saturated carbocycles. The zero-order valence-corrected chi connectivity index (χ0v) is 9.91. The number of carbonyl (C=O) groups is 1. The SMILES string of the molecule is O=C(Nc1c(F)cccc1Cl)c1cccc(O)c1. The van der Waals surface area contributed by atoms with E-state index in [0.717, 1.165) is 0 Å². The molecule has 18 heavy (non-hydrogen) atoms. The van der Waals surface area contributed by atoms with Gasteiger partial charge >= 0.3 is 0 Å². The Morgan fingerprint density at radius 1 is 1.22 bits per heavy atom. The van der Waals surface area contributed by atoms with Gasteiger partial charge in [0.25, 0.3) is 5.91 Å². The number of halogens is 2. The second-order valence-corrected chi connectivity index (χ2v) is 4.01. The Kier molecular flexibility index (Phi) is 3.48. The fourth-order valence-electron chi connectivity index (χ4n) is 1.45. The maximum absolute atomic E-state index is 13.5. The summed E-state index contributed by atoms with van der Waals surface area (Å²) in [7, 11) is 0. The highest BCUT2D eigenvalue weighted by molar-refractivity contribution is 6.34. The van der Waals surface area contributed by atoms with Crippen molar-refractivity contribution in [3.05, 3.63) is 58.9 Å². The fraction of sp³-hybridized carbons (Fsp3) is 0. The van der Waals surface area contributed by atoms with Crippen molar-refractivity contribution in [2.24, 2.45) is 0 Å². The average molecular weight is 266 g/mol. The number of benzene rings is 2.